The van der Waals surface area contributed by atoms with Crippen LogP contribution < -0.4 is 0 Å². The first-order valence-electron chi connectivity index (χ1n) is 8.06. The Morgan fingerprint density at radius 1 is 1.05 bits per heavy atom. The highest BCUT2D eigenvalue weighted by molar-refractivity contribution is 5.69. The third kappa shape index (κ3) is 3.89. The van der Waals surface area contributed by atoms with Gasteiger partial charge in [0.1, 0.15) is 5.60 Å². The first-order valence-corrected chi connectivity index (χ1v) is 8.06. The third-order valence-electron chi connectivity index (χ3n) is 4.34. The summed E-state index contributed by atoms with van der Waals surface area (Å²) in [6.45, 7) is 12.8. The quantitative estimate of drug-likeness (QED) is 0.703. The average Bonchev–Trinajstić information content (AvgIpc) is 2.46. The first kappa shape index (κ1) is 15.7. The van der Waals surface area contributed by atoms with Crippen LogP contribution in [0, 0.1) is 11.3 Å². The Labute approximate surface area is 124 Å². The van der Waals surface area contributed by atoms with Gasteiger partial charge in [0.2, 0.25) is 0 Å². The van der Waals surface area contributed by atoms with Gasteiger partial charge in [-0.05, 0) is 64.2 Å². The zero-order chi connectivity index (χ0) is 15.1. The normalized spacial score (nSPS) is 30.5. The fourth-order valence-electron chi connectivity index (χ4n) is 3.94. The molecule has 2 bridgehead atoms. The van der Waals surface area contributed by atoms with E-state index in [0.717, 1.165) is 31.6 Å². The van der Waals surface area contributed by atoms with Crippen molar-refractivity contribution in [3.05, 3.63) is 0 Å². The number of carbonyl (C=O) groups excluding carboxylic acids is 1. The van der Waals surface area contributed by atoms with E-state index in [4.69, 9.17) is 4.74 Å². The number of hydrogen-bond acceptors (Lipinski definition) is 2. The number of carbonyl (C=O) groups is 1. The second kappa shape index (κ2) is 5.23. The SMILES string of the molecule is CC(C)(C)C[C@H]1C[C@H]2CC[C@@H](C1)N2C(=O)OC(C)(C)C. The number of piperidine rings is 1. The van der Waals surface area contributed by atoms with Crippen LogP contribution in [0.4, 0.5) is 4.79 Å². The number of nitrogens with zero attached hydrogens (tertiary/aromatic N) is 1. The summed E-state index contributed by atoms with van der Waals surface area (Å²) in [5, 5.41) is 0. The van der Waals surface area contributed by atoms with Gasteiger partial charge in [-0.1, -0.05) is 20.8 Å². The van der Waals surface area contributed by atoms with E-state index in [1.807, 2.05) is 25.7 Å². The van der Waals surface area contributed by atoms with Gasteiger partial charge >= 0.3 is 6.09 Å². The summed E-state index contributed by atoms with van der Waals surface area (Å²) in [4.78, 5) is 14.4. The van der Waals surface area contributed by atoms with Crippen molar-refractivity contribution < 1.29 is 9.53 Å². The molecule has 3 nitrogen and oxygen atoms in total. The Balaban J connectivity index is 1.98. The number of ether oxygens (including phenoxy) is 1. The maximum atomic E-state index is 12.4. The molecule has 0 spiro atoms. The lowest BCUT2D eigenvalue weighted by atomic mass is 9.78. The summed E-state index contributed by atoms with van der Waals surface area (Å²) >= 11 is 0. The average molecular weight is 281 g/mol. The Bertz CT molecular complexity index is 350. The van der Waals surface area contributed by atoms with E-state index in [1.165, 1.54) is 6.42 Å². The van der Waals surface area contributed by atoms with E-state index in [1.54, 1.807) is 0 Å². The van der Waals surface area contributed by atoms with Gasteiger partial charge in [-0.2, -0.15) is 0 Å². The maximum Gasteiger partial charge on any atom is 0.410 e. The van der Waals surface area contributed by atoms with Crippen molar-refractivity contribution in [3.8, 4) is 0 Å². The molecule has 3 atom stereocenters. The van der Waals surface area contributed by atoms with Crippen LogP contribution in [0.1, 0.15) is 73.6 Å². The van der Waals surface area contributed by atoms with Crippen LogP contribution in [0.15, 0.2) is 0 Å². The van der Waals surface area contributed by atoms with Crippen molar-refractivity contribution in [1.29, 1.82) is 0 Å². The lowest BCUT2D eigenvalue weighted by molar-refractivity contribution is -0.000233. The standard InChI is InChI=1S/C17H31NO2/c1-16(2,3)11-12-9-13-7-8-14(10-12)18(13)15(19)20-17(4,5)6/h12-14H,7-11H2,1-6H3/t12-,13+,14-. The van der Waals surface area contributed by atoms with E-state index < -0.39 is 5.60 Å². The van der Waals surface area contributed by atoms with Gasteiger partial charge in [-0.15, -0.1) is 0 Å². The second-order valence-corrected chi connectivity index (χ2v) is 8.87. The molecule has 0 aromatic carbocycles. The summed E-state index contributed by atoms with van der Waals surface area (Å²) in [6, 6.07) is 0.826. The Morgan fingerprint density at radius 3 is 1.95 bits per heavy atom. The van der Waals surface area contributed by atoms with Crippen LogP contribution in [0.5, 0.6) is 0 Å². The molecule has 0 saturated carbocycles. The van der Waals surface area contributed by atoms with Crippen LogP contribution in [0.3, 0.4) is 0 Å². The van der Waals surface area contributed by atoms with Crippen molar-refractivity contribution >= 4 is 6.09 Å². The highest BCUT2D eigenvalue weighted by Gasteiger charge is 2.45. The minimum Gasteiger partial charge on any atom is -0.444 e. The van der Waals surface area contributed by atoms with Gasteiger partial charge in [-0.25, -0.2) is 4.79 Å². The van der Waals surface area contributed by atoms with Crippen molar-refractivity contribution in [3.63, 3.8) is 0 Å². The van der Waals surface area contributed by atoms with Crippen molar-refractivity contribution in [2.75, 3.05) is 0 Å². The third-order valence-corrected chi connectivity index (χ3v) is 4.34. The highest BCUT2D eigenvalue weighted by Crippen LogP contribution is 2.43. The van der Waals surface area contributed by atoms with Gasteiger partial charge < -0.3 is 9.64 Å². The van der Waals surface area contributed by atoms with E-state index in [-0.39, 0.29) is 6.09 Å². The molecule has 20 heavy (non-hydrogen) atoms. The van der Waals surface area contributed by atoms with Gasteiger partial charge in [-0.3, -0.25) is 0 Å². The maximum absolute atomic E-state index is 12.4. The van der Waals surface area contributed by atoms with E-state index in [2.05, 4.69) is 20.8 Å². The molecular formula is C17H31NO2. The van der Waals surface area contributed by atoms with Gasteiger partial charge in [0.05, 0.1) is 0 Å². The molecule has 2 fully saturated rings. The topological polar surface area (TPSA) is 29.5 Å². The molecule has 1 amide bonds. The molecule has 116 valence electrons. The smallest absolute Gasteiger partial charge is 0.410 e. The summed E-state index contributed by atoms with van der Waals surface area (Å²) < 4.78 is 5.58. The van der Waals surface area contributed by atoms with Gasteiger partial charge in [0.15, 0.2) is 0 Å². The molecule has 2 heterocycles. The van der Waals surface area contributed by atoms with Crippen molar-refractivity contribution in [2.45, 2.75) is 91.3 Å². The summed E-state index contributed by atoms with van der Waals surface area (Å²) in [6.07, 6.45) is 5.80. The number of amides is 1. The van der Waals surface area contributed by atoms with E-state index >= 15 is 0 Å². The molecular weight excluding hydrogens is 250 g/mol. The molecule has 2 saturated heterocycles. The summed E-state index contributed by atoms with van der Waals surface area (Å²) in [7, 11) is 0. The Hall–Kier alpha value is -0.730. The number of fused-ring (bicyclic) bond motifs is 2. The molecule has 0 aliphatic carbocycles. The lowest BCUT2D eigenvalue weighted by Crippen LogP contribution is -2.48. The molecule has 0 aromatic rings. The minimum atomic E-state index is -0.390. The zero-order valence-electron chi connectivity index (χ0n) is 14.0. The molecule has 3 heteroatoms. The molecule has 0 N–H and O–H groups in total. The number of hydrogen-bond donors (Lipinski definition) is 0. The van der Waals surface area contributed by atoms with Gasteiger partial charge in [0.25, 0.3) is 0 Å². The fraction of sp³-hybridized carbons (Fsp3) is 0.941. The molecule has 2 rings (SSSR count). The molecule has 2 aliphatic heterocycles. The van der Waals surface area contributed by atoms with Crippen molar-refractivity contribution in [2.24, 2.45) is 11.3 Å². The predicted octanol–water partition coefficient (Wildman–Crippen LogP) is 4.60. The zero-order valence-corrected chi connectivity index (χ0v) is 14.0. The molecule has 0 aromatic heterocycles. The van der Waals surface area contributed by atoms with Crippen LogP contribution in [-0.2, 0) is 4.74 Å². The minimum absolute atomic E-state index is 0.0980. The van der Waals surface area contributed by atoms with E-state index in [9.17, 15) is 4.79 Å². The van der Waals surface area contributed by atoms with Crippen molar-refractivity contribution in [1.82, 2.24) is 4.90 Å². The summed E-state index contributed by atoms with van der Waals surface area (Å²) in [5.41, 5.74) is -0.00300. The van der Waals surface area contributed by atoms with Crippen LogP contribution in [-0.4, -0.2) is 28.7 Å². The van der Waals surface area contributed by atoms with Crippen LogP contribution >= 0.6 is 0 Å². The fourth-order valence-corrected chi connectivity index (χ4v) is 3.94. The monoisotopic (exact) mass is 281 g/mol. The summed E-state index contributed by atoms with van der Waals surface area (Å²) in [5.74, 6) is 0.770. The van der Waals surface area contributed by atoms with Crippen LogP contribution in [0.2, 0.25) is 0 Å². The lowest BCUT2D eigenvalue weighted by Gasteiger charge is -2.41. The Kier molecular flexibility index (Phi) is 4.10. The molecule has 0 unspecified atom stereocenters. The second-order valence-electron chi connectivity index (χ2n) is 8.87. The predicted molar refractivity (Wildman–Crippen MR) is 81.7 cm³/mol. The van der Waals surface area contributed by atoms with Crippen LogP contribution in [0.25, 0.3) is 0 Å². The van der Waals surface area contributed by atoms with E-state index in [0.29, 0.717) is 17.5 Å². The molecule has 2 aliphatic rings. The van der Waals surface area contributed by atoms with Gasteiger partial charge in [0, 0.05) is 12.1 Å². The largest absolute Gasteiger partial charge is 0.444 e. The highest BCUT2D eigenvalue weighted by atomic mass is 16.6. The Morgan fingerprint density at radius 2 is 1.55 bits per heavy atom. The number of rotatable bonds is 1. The first-order chi connectivity index (χ1) is 9.05. The molecule has 0 radical (unpaired) electrons.